The fourth-order valence-corrected chi connectivity index (χ4v) is 6.87. The Bertz CT molecular complexity index is 473. The van der Waals surface area contributed by atoms with E-state index in [0.717, 1.165) is 0 Å². The van der Waals surface area contributed by atoms with Gasteiger partial charge in [0.15, 0.2) is 0 Å². The molecule has 2 atom stereocenters. The molecule has 0 aliphatic carbocycles. The third kappa shape index (κ3) is 29.8. The van der Waals surface area contributed by atoms with Crippen LogP contribution < -0.4 is 0 Å². The Morgan fingerprint density at radius 3 is 0.683 bits per heavy atom. The van der Waals surface area contributed by atoms with E-state index in [2.05, 4.69) is 13.8 Å². The van der Waals surface area contributed by atoms with Gasteiger partial charge in [0.25, 0.3) is 0 Å². The predicted molar refractivity (Wildman–Crippen MR) is 186 cm³/mol. The smallest absolute Gasteiger partial charge is 0.0841 e. The molecule has 0 saturated carbocycles. The molecule has 1 fully saturated rings. The second-order valence-corrected chi connectivity index (χ2v) is 14.1. The van der Waals surface area contributed by atoms with Crippen LogP contribution in [0.1, 0.15) is 245 Å². The highest BCUT2D eigenvalue weighted by molar-refractivity contribution is 4.82. The van der Waals surface area contributed by atoms with Gasteiger partial charge < -0.3 is 4.74 Å². The summed E-state index contributed by atoms with van der Waals surface area (Å²) in [4.78, 5) is 0. The van der Waals surface area contributed by atoms with Crippen LogP contribution >= 0.6 is 0 Å². The highest BCUT2D eigenvalue weighted by atomic mass is 16.6. The fourth-order valence-electron chi connectivity index (χ4n) is 6.87. The van der Waals surface area contributed by atoms with Crippen molar-refractivity contribution < 1.29 is 4.74 Å². The zero-order valence-corrected chi connectivity index (χ0v) is 29.0. The SMILES string of the molecule is CCCCCCCCCCCCCCCCCCCCCCCCCCCCCCCCCCCCC1OC1CC. The van der Waals surface area contributed by atoms with Crippen molar-refractivity contribution in [3.05, 3.63) is 0 Å². The highest BCUT2D eigenvalue weighted by Gasteiger charge is 2.35. The molecule has 0 N–H and O–H groups in total. The van der Waals surface area contributed by atoms with E-state index >= 15 is 0 Å². The first-order valence-corrected chi connectivity index (χ1v) is 20.0. The van der Waals surface area contributed by atoms with E-state index in [-0.39, 0.29) is 0 Å². The van der Waals surface area contributed by atoms with Crippen LogP contribution in [0.3, 0.4) is 0 Å². The van der Waals surface area contributed by atoms with Crippen LogP contribution in [0.4, 0.5) is 0 Å². The summed E-state index contributed by atoms with van der Waals surface area (Å²) < 4.78 is 5.64. The Hall–Kier alpha value is -0.0400. The van der Waals surface area contributed by atoms with Crippen LogP contribution in [0.15, 0.2) is 0 Å². The lowest BCUT2D eigenvalue weighted by Gasteiger charge is -2.05. The summed E-state index contributed by atoms with van der Waals surface area (Å²) in [5.41, 5.74) is 0. The standard InChI is InChI=1S/C40H80O/c1-3-5-6-7-8-9-10-11-12-13-14-15-16-17-18-19-20-21-22-23-24-25-26-27-28-29-30-31-32-33-34-35-36-37-38-40-39(4-2)41-40/h39-40H,3-38H2,1-2H3. The summed E-state index contributed by atoms with van der Waals surface area (Å²) in [6.45, 7) is 4.55. The largest absolute Gasteiger partial charge is 0.370 e. The van der Waals surface area contributed by atoms with Crippen LogP contribution in [0, 0.1) is 0 Å². The van der Waals surface area contributed by atoms with Gasteiger partial charge in [0, 0.05) is 0 Å². The third-order valence-corrected chi connectivity index (χ3v) is 9.93. The molecule has 246 valence electrons. The van der Waals surface area contributed by atoms with Crippen molar-refractivity contribution in [1.29, 1.82) is 0 Å². The van der Waals surface area contributed by atoms with Gasteiger partial charge in [-0.05, 0) is 12.8 Å². The summed E-state index contributed by atoms with van der Waals surface area (Å²) in [6, 6.07) is 0. The number of unbranched alkanes of at least 4 members (excludes halogenated alkanes) is 33. The zero-order valence-electron chi connectivity index (χ0n) is 29.0. The van der Waals surface area contributed by atoms with E-state index in [4.69, 9.17) is 4.74 Å². The molecule has 1 saturated heterocycles. The van der Waals surface area contributed by atoms with E-state index < -0.39 is 0 Å². The minimum absolute atomic E-state index is 0.614. The molecular weight excluding hydrogens is 496 g/mol. The van der Waals surface area contributed by atoms with Crippen LogP contribution in [0.5, 0.6) is 0 Å². The Balaban J connectivity index is 1.59. The molecule has 1 aliphatic heterocycles. The van der Waals surface area contributed by atoms with Crippen LogP contribution in [0.25, 0.3) is 0 Å². The molecule has 0 aromatic heterocycles. The Kier molecular flexibility index (Phi) is 31.2. The fraction of sp³-hybridized carbons (Fsp3) is 1.00. The molecule has 0 amide bonds. The number of hydrogen-bond donors (Lipinski definition) is 0. The quantitative estimate of drug-likeness (QED) is 0.0533. The second-order valence-electron chi connectivity index (χ2n) is 14.1. The summed E-state index contributed by atoms with van der Waals surface area (Å²) in [6.07, 6.45) is 54.0. The molecule has 2 unspecified atom stereocenters. The van der Waals surface area contributed by atoms with Gasteiger partial charge in [-0.15, -0.1) is 0 Å². The summed E-state index contributed by atoms with van der Waals surface area (Å²) in [7, 11) is 0. The van der Waals surface area contributed by atoms with E-state index in [1.54, 1.807) is 0 Å². The Morgan fingerprint density at radius 1 is 0.268 bits per heavy atom. The van der Waals surface area contributed by atoms with Crippen molar-refractivity contribution in [1.82, 2.24) is 0 Å². The predicted octanol–water partition coefficient (Wildman–Crippen LogP) is 14.8. The minimum Gasteiger partial charge on any atom is -0.370 e. The molecule has 1 heterocycles. The number of hydrogen-bond acceptors (Lipinski definition) is 1. The Morgan fingerprint density at radius 2 is 0.488 bits per heavy atom. The van der Waals surface area contributed by atoms with Gasteiger partial charge in [0.05, 0.1) is 12.2 Å². The van der Waals surface area contributed by atoms with Crippen LogP contribution in [-0.2, 0) is 4.74 Å². The third-order valence-electron chi connectivity index (χ3n) is 9.93. The number of epoxide rings is 1. The first-order chi connectivity index (χ1) is 20.4. The van der Waals surface area contributed by atoms with E-state index in [1.807, 2.05) is 0 Å². The van der Waals surface area contributed by atoms with Crippen molar-refractivity contribution in [3.63, 3.8) is 0 Å². The molecule has 1 aliphatic rings. The van der Waals surface area contributed by atoms with E-state index in [9.17, 15) is 0 Å². The van der Waals surface area contributed by atoms with Gasteiger partial charge in [-0.1, -0.05) is 232 Å². The maximum absolute atomic E-state index is 5.64. The second kappa shape index (κ2) is 32.9. The average Bonchev–Trinajstić information content (AvgIpc) is 3.76. The van der Waals surface area contributed by atoms with Gasteiger partial charge in [0.2, 0.25) is 0 Å². The van der Waals surface area contributed by atoms with Crippen molar-refractivity contribution in [2.75, 3.05) is 0 Å². The average molecular weight is 577 g/mol. The number of ether oxygens (including phenoxy) is 1. The van der Waals surface area contributed by atoms with Gasteiger partial charge >= 0.3 is 0 Å². The van der Waals surface area contributed by atoms with E-state index in [1.165, 1.54) is 231 Å². The topological polar surface area (TPSA) is 12.5 Å². The van der Waals surface area contributed by atoms with Gasteiger partial charge in [-0.2, -0.15) is 0 Å². The highest BCUT2D eigenvalue weighted by Crippen LogP contribution is 2.29. The normalized spacial score (nSPS) is 16.5. The van der Waals surface area contributed by atoms with Crippen LogP contribution in [0.2, 0.25) is 0 Å². The van der Waals surface area contributed by atoms with Crippen LogP contribution in [-0.4, -0.2) is 12.2 Å². The molecule has 1 nitrogen and oxygen atoms in total. The summed E-state index contributed by atoms with van der Waals surface area (Å²) in [5.74, 6) is 0. The lowest BCUT2D eigenvalue weighted by molar-refractivity contribution is 0.355. The molecule has 0 aromatic rings. The lowest BCUT2D eigenvalue weighted by Crippen LogP contribution is -1.92. The van der Waals surface area contributed by atoms with Gasteiger partial charge in [-0.3, -0.25) is 0 Å². The molecule has 0 radical (unpaired) electrons. The van der Waals surface area contributed by atoms with Crippen molar-refractivity contribution >= 4 is 0 Å². The Labute approximate surface area is 261 Å². The van der Waals surface area contributed by atoms with Crippen molar-refractivity contribution in [2.24, 2.45) is 0 Å². The molecule has 41 heavy (non-hydrogen) atoms. The first kappa shape index (κ1) is 39.0. The van der Waals surface area contributed by atoms with Crippen molar-refractivity contribution in [3.8, 4) is 0 Å². The lowest BCUT2D eigenvalue weighted by atomic mass is 10.0. The monoisotopic (exact) mass is 577 g/mol. The summed E-state index contributed by atoms with van der Waals surface area (Å²) >= 11 is 0. The zero-order chi connectivity index (χ0) is 29.3. The molecule has 0 spiro atoms. The minimum atomic E-state index is 0.614. The first-order valence-electron chi connectivity index (χ1n) is 20.0. The maximum Gasteiger partial charge on any atom is 0.0841 e. The molecule has 1 rings (SSSR count). The molecular formula is C40H80O. The molecule has 0 aromatic carbocycles. The molecule has 0 bridgehead atoms. The maximum atomic E-state index is 5.64. The van der Waals surface area contributed by atoms with Gasteiger partial charge in [0.1, 0.15) is 0 Å². The molecule has 1 heteroatoms. The van der Waals surface area contributed by atoms with Crippen molar-refractivity contribution in [2.45, 2.75) is 257 Å². The van der Waals surface area contributed by atoms with E-state index in [0.29, 0.717) is 12.2 Å². The van der Waals surface area contributed by atoms with Gasteiger partial charge in [-0.25, -0.2) is 0 Å². The number of rotatable bonds is 36. The summed E-state index contributed by atoms with van der Waals surface area (Å²) in [5, 5.41) is 0.